The molecule has 0 spiro atoms. The van der Waals surface area contributed by atoms with Crippen molar-refractivity contribution in [1.82, 2.24) is 16.0 Å². The van der Waals surface area contributed by atoms with Gasteiger partial charge in [0.25, 0.3) is 0 Å². The molecule has 104 valence electrons. The Morgan fingerprint density at radius 2 is 2.17 bits per heavy atom. The van der Waals surface area contributed by atoms with Crippen LogP contribution in [0.4, 0.5) is 0 Å². The van der Waals surface area contributed by atoms with E-state index in [9.17, 15) is 9.59 Å². The van der Waals surface area contributed by atoms with Crippen molar-refractivity contribution in [3.05, 3.63) is 0 Å². The van der Waals surface area contributed by atoms with E-state index < -0.39 is 0 Å². The molecule has 3 N–H and O–H groups in total. The van der Waals surface area contributed by atoms with Gasteiger partial charge in [0.15, 0.2) is 0 Å². The second-order valence-electron chi connectivity index (χ2n) is 5.41. The normalized spacial score (nSPS) is 20.9. The molecule has 5 heteroatoms. The Kier molecular flexibility index (Phi) is 6.12. The lowest BCUT2D eigenvalue weighted by Gasteiger charge is -2.17. The van der Waals surface area contributed by atoms with Crippen LogP contribution in [0.5, 0.6) is 0 Å². The van der Waals surface area contributed by atoms with Gasteiger partial charge in [-0.15, -0.1) is 0 Å². The summed E-state index contributed by atoms with van der Waals surface area (Å²) in [5.74, 6) is 0.734. The molecule has 2 amide bonds. The van der Waals surface area contributed by atoms with Gasteiger partial charge in [0, 0.05) is 25.6 Å². The monoisotopic (exact) mass is 255 g/mol. The van der Waals surface area contributed by atoms with Crippen molar-refractivity contribution in [2.75, 3.05) is 13.1 Å². The van der Waals surface area contributed by atoms with Gasteiger partial charge in [-0.05, 0) is 25.7 Å². The third kappa shape index (κ3) is 5.49. The van der Waals surface area contributed by atoms with Crippen LogP contribution in [0.2, 0.25) is 0 Å². The zero-order valence-corrected chi connectivity index (χ0v) is 11.6. The van der Waals surface area contributed by atoms with Crippen molar-refractivity contribution in [3.63, 3.8) is 0 Å². The first-order valence-electron chi connectivity index (χ1n) is 6.79. The van der Waals surface area contributed by atoms with Gasteiger partial charge in [-0.3, -0.25) is 9.59 Å². The molecule has 1 heterocycles. The van der Waals surface area contributed by atoms with Crippen LogP contribution in [-0.2, 0) is 9.59 Å². The third-order valence-electron chi connectivity index (χ3n) is 3.17. The van der Waals surface area contributed by atoms with Crippen molar-refractivity contribution >= 4 is 11.8 Å². The average molecular weight is 255 g/mol. The Balaban J connectivity index is 2.13. The van der Waals surface area contributed by atoms with Crippen LogP contribution < -0.4 is 16.0 Å². The highest BCUT2D eigenvalue weighted by Crippen LogP contribution is 2.05. The fraction of sp³-hybridized carbons (Fsp3) is 0.846. The summed E-state index contributed by atoms with van der Waals surface area (Å²) in [5.41, 5.74) is 0. The molecule has 1 aliphatic heterocycles. The number of hydrogen-bond acceptors (Lipinski definition) is 3. The summed E-state index contributed by atoms with van der Waals surface area (Å²) in [4.78, 5) is 22.8. The van der Waals surface area contributed by atoms with E-state index in [1.165, 1.54) is 0 Å². The van der Waals surface area contributed by atoms with Gasteiger partial charge < -0.3 is 16.0 Å². The van der Waals surface area contributed by atoms with Crippen LogP contribution >= 0.6 is 0 Å². The molecule has 18 heavy (non-hydrogen) atoms. The van der Waals surface area contributed by atoms with Crippen LogP contribution in [-0.4, -0.2) is 37.0 Å². The molecule has 1 rings (SSSR count). The topological polar surface area (TPSA) is 70.2 Å². The minimum absolute atomic E-state index is 0.0278. The van der Waals surface area contributed by atoms with E-state index in [1.807, 2.05) is 6.92 Å². The predicted octanol–water partition coefficient (Wildman–Crippen LogP) is 0.405. The maximum atomic E-state index is 11.7. The van der Waals surface area contributed by atoms with Gasteiger partial charge >= 0.3 is 0 Å². The second kappa shape index (κ2) is 7.36. The highest BCUT2D eigenvalue weighted by Gasteiger charge is 2.21. The first-order chi connectivity index (χ1) is 8.49. The van der Waals surface area contributed by atoms with Crippen LogP contribution in [0.3, 0.4) is 0 Å². The van der Waals surface area contributed by atoms with Crippen molar-refractivity contribution in [2.24, 2.45) is 5.92 Å². The van der Waals surface area contributed by atoms with E-state index in [1.54, 1.807) is 0 Å². The maximum Gasteiger partial charge on any atom is 0.236 e. The zero-order chi connectivity index (χ0) is 13.5. The third-order valence-corrected chi connectivity index (χ3v) is 3.17. The molecule has 0 radical (unpaired) electrons. The molecule has 2 unspecified atom stereocenters. The van der Waals surface area contributed by atoms with Gasteiger partial charge in [0.1, 0.15) is 0 Å². The molecule has 0 aromatic carbocycles. The Morgan fingerprint density at radius 1 is 1.44 bits per heavy atom. The second-order valence-corrected chi connectivity index (χ2v) is 5.41. The lowest BCUT2D eigenvalue weighted by Crippen LogP contribution is -2.46. The Morgan fingerprint density at radius 3 is 2.72 bits per heavy atom. The number of rotatable bonds is 7. The molecule has 2 atom stereocenters. The molecule has 1 aliphatic rings. The molecular formula is C13H25N3O2. The summed E-state index contributed by atoms with van der Waals surface area (Å²) in [6.07, 6.45) is 2.45. The molecule has 0 aliphatic carbocycles. The maximum absolute atomic E-state index is 11.7. The highest BCUT2D eigenvalue weighted by molar-refractivity contribution is 5.81. The summed E-state index contributed by atoms with van der Waals surface area (Å²) in [6, 6.07) is -0.0434. The molecule has 0 aromatic heterocycles. The van der Waals surface area contributed by atoms with Crippen molar-refractivity contribution in [2.45, 2.75) is 52.1 Å². The largest absolute Gasteiger partial charge is 0.355 e. The lowest BCUT2D eigenvalue weighted by atomic mass is 10.1. The van der Waals surface area contributed by atoms with Gasteiger partial charge in [-0.2, -0.15) is 0 Å². The van der Waals surface area contributed by atoms with E-state index >= 15 is 0 Å². The predicted molar refractivity (Wildman–Crippen MR) is 71.1 cm³/mol. The molecule has 0 bridgehead atoms. The zero-order valence-electron chi connectivity index (χ0n) is 11.6. The van der Waals surface area contributed by atoms with Crippen molar-refractivity contribution in [3.8, 4) is 0 Å². The number of nitrogens with one attached hydrogen (secondary N) is 3. The SMILES string of the molecule is CC(C)CCNC(=O)C(C)NCC1CCC(=O)N1. The molecule has 1 saturated heterocycles. The van der Waals surface area contributed by atoms with Gasteiger partial charge in [0.2, 0.25) is 11.8 Å². The quantitative estimate of drug-likeness (QED) is 0.617. The van der Waals surface area contributed by atoms with Gasteiger partial charge in [-0.1, -0.05) is 13.8 Å². The van der Waals surface area contributed by atoms with Crippen LogP contribution in [0.15, 0.2) is 0 Å². The van der Waals surface area contributed by atoms with Crippen molar-refractivity contribution < 1.29 is 9.59 Å². The minimum Gasteiger partial charge on any atom is -0.355 e. The van der Waals surface area contributed by atoms with Crippen molar-refractivity contribution in [1.29, 1.82) is 0 Å². The highest BCUT2D eigenvalue weighted by atomic mass is 16.2. The Labute approximate surface area is 109 Å². The summed E-state index contributed by atoms with van der Waals surface area (Å²) >= 11 is 0. The van der Waals surface area contributed by atoms with E-state index in [-0.39, 0.29) is 23.9 Å². The summed E-state index contributed by atoms with van der Waals surface area (Å²) in [5, 5.41) is 8.94. The number of carbonyl (C=O) groups excluding carboxylic acids is 2. The molecule has 5 nitrogen and oxygen atoms in total. The van der Waals surface area contributed by atoms with Gasteiger partial charge in [-0.25, -0.2) is 0 Å². The Hall–Kier alpha value is -1.10. The molecular weight excluding hydrogens is 230 g/mol. The van der Waals surface area contributed by atoms with Crippen LogP contribution in [0, 0.1) is 5.92 Å². The van der Waals surface area contributed by atoms with E-state index in [4.69, 9.17) is 0 Å². The summed E-state index contributed by atoms with van der Waals surface area (Å²) in [7, 11) is 0. The van der Waals surface area contributed by atoms with Crippen LogP contribution in [0.25, 0.3) is 0 Å². The smallest absolute Gasteiger partial charge is 0.236 e. The fourth-order valence-corrected chi connectivity index (χ4v) is 1.88. The van der Waals surface area contributed by atoms with Crippen LogP contribution in [0.1, 0.15) is 40.0 Å². The van der Waals surface area contributed by atoms with E-state index in [2.05, 4.69) is 29.8 Å². The summed E-state index contributed by atoms with van der Waals surface area (Å²) < 4.78 is 0. The van der Waals surface area contributed by atoms with E-state index in [0.717, 1.165) is 19.4 Å². The molecule has 0 saturated carbocycles. The lowest BCUT2D eigenvalue weighted by molar-refractivity contribution is -0.122. The average Bonchev–Trinajstić information content (AvgIpc) is 2.71. The van der Waals surface area contributed by atoms with Gasteiger partial charge in [0.05, 0.1) is 6.04 Å². The van der Waals surface area contributed by atoms with E-state index in [0.29, 0.717) is 18.9 Å². The summed E-state index contributed by atoms with van der Waals surface area (Å²) in [6.45, 7) is 7.50. The minimum atomic E-state index is -0.213. The first-order valence-corrected chi connectivity index (χ1v) is 6.79. The first kappa shape index (κ1) is 15.0. The fourth-order valence-electron chi connectivity index (χ4n) is 1.88. The number of amides is 2. The number of carbonyl (C=O) groups is 2. The Bertz CT molecular complexity index is 292. The molecule has 0 aromatic rings. The number of hydrogen-bond donors (Lipinski definition) is 3. The standard InChI is InChI=1S/C13H25N3O2/c1-9(2)6-7-14-13(18)10(3)15-8-11-4-5-12(17)16-11/h9-11,15H,4-8H2,1-3H3,(H,14,18)(H,16,17). The molecule has 1 fully saturated rings.